The largest absolute Gasteiger partial charge is 0.310 e. The topological polar surface area (TPSA) is 42.0 Å². The molecule has 0 spiro atoms. The molecular formula is C21H15BrCl2N2O. The van der Waals surface area contributed by atoms with E-state index in [9.17, 15) is 4.79 Å². The minimum absolute atomic E-state index is 0.0470. The van der Waals surface area contributed by atoms with Gasteiger partial charge in [0.15, 0.2) is 0 Å². The zero-order valence-electron chi connectivity index (χ0n) is 14.4. The van der Waals surface area contributed by atoms with Crippen molar-refractivity contribution in [2.24, 2.45) is 0 Å². The summed E-state index contributed by atoms with van der Waals surface area (Å²) in [5.74, 6) is 0.544. The summed E-state index contributed by atoms with van der Waals surface area (Å²) in [5.41, 5.74) is 2.85. The number of hydrogen-bond donors (Lipinski definition) is 1. The van der Waals surface area contributed by atoms with E-state index in [1.165, 1.54) is 0 Å². The van der Waals surface area contributed by atoms with Crippen LogP contribution in [0.4, 0.5) is 5.82 Å². The fraction of sp³-hybridized carbons (Fsp3) is 0.143. The summed E-state index contributed by atoms with van der Waals surface area (Å²) in [4.78, 5) is 17.4. The molecule has 0 saturated heterocycles. The van der Waals surface area contributed by atoms with Crippen LogP contribution in [0.15, 0.2) is 59.1 Å². The van der Waals surface area contributed by atoms with Gasteiger partial charge in [0.1, 0.15) is 5.82 Å². The highest BCUT2D eigenvalue weighted by atomic mass is 79.9. The van der Waals surface area contributed by atoms with Crippen LogP contribution in [-0.4, -0.2) is 10.9 Å². The van der Waals surface area contributed by atoms with Gasteiger partial charge in [-0.2, -0.15) is 0 Å². The first-order valence-corrected chi connectivity index (χ1v) is 9.94. The number of amides is 1. The van der Waals surface area contributed by atoms with Gasteiger partial charge in [-0.25, -0.2) is 4.98 Å². The van der Waals surface area contributed by atoms with E-state index in [1.54, 1.807) is 18.2 Å². The van der Waals surface area contributed by atoms with Gasteiger partial charge < -0.3 is 5.32 Å². The number of fused-ring (bicyclic) bond motifs is 1. The molecule has 3 nitrogen and oxygen atoms in total. The number of pyridine rings is 1. The lowest BCUT2D eigenvalue weighted by Gasteiger charge is -2.22. The monoisotopic (exact) mass is 460 g/mol. The minimum atomic E-state index is -0.666. The minimum Gasteiger partial charge on any atom is -0.310 e. The van der Waals surface area contributed by atoms with E-state index in [0.717, 1.165) is 21.2 Å². The van der Waals surface area contributed by atoms with Crippen molar-refractivity contribution in [1.29, 1.82) is 0 Å². The molecule has 2 heterocycles. The molecule has 0 saturated carbocycles. The summed E-state index contributed by atoms with van der Waals surface area (Å²) < 4.78 is 1.01. The van der Waals surface area contributed by atoms with Crippen molar-refractivity contribution >= 4 is 50.9 Å². The average molecular weight is 462 g/mol. The Morgan fingerprint density at radius 2 is 1.70 bits per heavy atom. The second-order valence-electron chi connectivity index (χ2n) is 6.84. The van der Waals surface area contributed by atoms with Gasteiger partial charge in [-0.3, -0.25) is 4.79 Å². The van der Waals surface area contributed by atoms with Crippen LogP contribution in [0.25, 0.3) is 11.3 Å². The van der Waals surface area contributed by atoms with E-state index in [1.807, 2.05) is 43.3 Å². The summed E-state index contributed by atoms with van der Waals surface area (Å²) >= 11 is 15.6. The molecule has 2 aromatic carbocycles. The van der Waals surface area contributed by atoms with Crippen LogP contribution in [0, 0.1) is 0 Å². The second kappa shape index (κ2) is 6.93. The average Bonchev–Trinajstić information content (AvgIpc) is 2.86. The van der Waals surface area contributed by atoms with Gasteiger partial charge in [-0.1, -0.05) is 57.3 Å². The van der Waals surface area contributed by atoms with Crippen molar-refractivity contribution in [3.8, 4) is 11.3 Å². The zero-order valence-corrected chi connectivity index (χ0v) is 17.5. The maximum absolute atomic E-state index is 12.8. The van der Waals surface area contributed by atoms with Gasteiger partial charge in [-0.15, -0.1) is 0 Å². The third-order valence-electron chi connectivity index (χ3n) is 4.85. The number of rotatable bonds is 3. The Labute approximate surface area is 175 Å². The summed E-state index contributed by atoms with van der Waals surface area (Å²) in [5, 5.41) is 4.02. The highest BCUT2D eigenvalue weighted by Crippen LogP contribution is 2.40. The van der Waals surface area contributed by atoms with E-state index < -0.39 is 5.41 Å². The molecule has 1 unspecified atom stereocenters. The molecular weight excluding hydrogens is 447 g/mol. The molecule has 1 aliphatic heterocycles. The third-order valence-corrected chi connectivity index (χ3v) is 5.82. The van der Waals surface area contributed by atoms with Crippen molar-refractivity contribution in [3.05, 3.63) is 80.2 Å². The van der Waals surface area contributed by atoms with Crippen LogP contribution in [0.3, 0.4) is 0 Å². The van der Waals surface area contributed by atoms with E-state index in [0.29, 0.717) is 28.0 Å². The SMILES string of the molecule is CC1(Cc2ccc(Br)cc2)C(=O)Nc2nc(-c3cc(Cl)cc(Cl)c3)ccc21. The maximum atomic E-state index is 12.8. The number of nitrogens with one attached hydrogen (secondary N) is 1. The highest BCUT2D eigenvalue weighted by molar-refractivity contribution is 9.10. The van der Waals surface area contributed by atoms with E-state index in [2.05, 4.69) is 26.2 Å². The van der Waals surface area contributed by atoms with E-state index in [4.69, 9.17) is 23.2 Å². The first kappa shape index (κ1) is 18.5. The Morgan fingerprint density at radius 1 is 1.04 bits per heavy atom. The standard InChI is InChI=1S/C21H15BrCl2N2O/c1-21(11-12-2-4-14(22)5-3-12)17-6-7-18(25-19(17)26-20(21)27)13-8-15(23)10-16(24)9-13/h2-10H,11H2,1H3,(H,25,26,27). The van der Waals surface area contributed by atoms with Crippen LogP contribution in [0.2, 0.25) is 10.0 Å². The predicted molar refractivity (Wildman–Crippen MR) is 114 cm³/mol. The molecule has 0 aliphatic carbocycles. The Morgan fingerprint density at radius 3 is 2.37 bits per heavy atom. The normalized spacial score (nSPS) is 18.3. The molecule has 3 aromatic rings. The number of hydrogen-bond acceptors (Lipinski definition) is 2. The molecule has 0 radical (unpaired) electrons. The molecule has 27 heavy (non-hydrogen) atoms. The lowest BCUT2D eigenvalue weighted by Crippen LogP contribution is -2.33. The summed E-state index contributed by atoms with van der Waals surface area (Å²) in [6, 6.07) is 17.2. The molecule has 1 N–H and O–H groups in total. The Balaban J connectivity index is 1.72. The number of halogens is 3. The molecule has 0 fully saturated rings. The van der Waals surface area contributed by atoms with Gasteiger partial charge in [0.05, 0.1) is 11.1 Å². The zero-order chi connectivity index (χ0) is 19.2. The molecule has 136 valence electrons. The fourth-order valence-electron chi connectivity index (χ4n) is 3.42. The molecule has 1 aromatic heterocycles. The van der Waals surface area contributed by atoms with E-state index >= 15 is 0 Å². The fourth-order valence-corrected chi connectivity index (χ4v) is 4.21. The summed E-state index contributed by atoms with van der Waals surface area (Å²) in [7, 11) is 0. The molecule has 1 atom stereocenters. The van der Waals surface area contributed by atoms with Gasteiger partial charge in [0.25, 0.3) is 0 Å². The number of anilines is 1. The smallest absolute Gasteiger partial charge is 0.236 e. The van der Waals surface area contributed by atoms with Crippen molar-refractivity contribution in [1.82, 2.24) is 4.98 Å². The second-order valence-corrected chi connectivity index (χ2v) is 8.63. The number of carbonyl (C=O) groups excluding carboxylic acids is 1. The number of carbonyl (C=O) groups is 1. The first-order chi connectivity index (χ1) is 12.8. The molecule has 4 rings (SSSR count). The van der Waals surface area contributed by atoms with Crippen molar-refractivity contribution < 1.29 is 4.79 Å². The van der Waals surface area contributed by atoms with Gasteiger partial charge >= 0.3 is 0 Å². The predicted octanol–water partition coefficient (Wildman–Crippen LogP) is 6.27. The Bertz CT molecular complexity index is 1030. The third kappa shape index (κ3) is 3.49. The summed E-state index contributed by atoms with van der Waals surface area (Å²) in [6.45, 7) is 1.95. The number of benzene rings is 2. The lowest BCUT2D eigenvalue weighted by atomic mass is 9.79. The van der Waals surface area contributed by atoms with E-state index in [-0.39, 0.29) is 5.91 Å². The maximum Gasteiger partial charge on any atom is 0.236 e. The highest BCUT2D eigenvalue weighted by Gasteiger charge is 2.43. The van der Waals surface area contributed by atoms with Gasteiger partial charge in [-0.05, 0) is 55.3 Å². The van der Waals surface area contributed by atoms with Crippen LogP contribution in [-0.2, 0) is 16.6 Å². The first-order valence-electron chi connectivity index (χ1n) is 8.39. The van der Waals surface area contributed by atoms with Crippen LogP contribution in [0.5, 0.6) is 0 Å². The molecule has 0 bridgehead atoms. The van der Waals surface area contributed by atoms with Crippen molar-refractivity contribution in [2.75, 3.05) is 5.32 Å². The Kier molecular flexibility index (Phi) is 4.75. The molecule has 6 heteroatoms. The molecule has 1 amide bonds. The van der Waals surface area contributed by atoms with Gasteiger partial charge in [0, 0.05) is 25.6 Å². The van der Waals surface area contributed by atoms with Crippen LogP contribution < -0.4 is 5.32 Å². The summed E-state index contributed by atoms with van der Waals surface area (Å²) in [6.07, 6.45) is 0.600. The van der Waals surface area contributed by atoms with Crippen molar-refractivity contribution in [3.63, 3.8) is 0 Å². The lowest BCUT2D eigenvalue weighted by molar-refractivity contribution is -0.120. The Hall–Kier alpha value is -1.88. The van der Waals surface area contributed by atoms with Gasteiger partial charge in [0.2, 0.25) is 5.91 Å². The number of nitrogens with zero attached hydrogens (tertiary/aromatic N) is 1. The van der Waals surface area contributed by atoms with Crippen molar-refractivity contribution in [2.45, 2.75) is 18.8 Å². The molecule has 1 aliphatic rings. The number of aromatic nitrogens is 1. The van der Waals surface area contributed by atoms with Crippen LogP contribution >= 0.6 is 39.1 Å². The quantitative estimate of drug-likeness (QED) is 0.499. The van der Waals surface area contributed by atoms with Crippen LogP contribution in [0.1, 0.15) is 18.1 Å².